The number of hydrogen-bond donors (Lipinski definition) is 0. The number of pyridine rings is 1. The van der Waals surface area contributed by atoms with Crippen molar-refractivity contribution in [1.29, 1.82) is 0 Å². The quantitative estimate of drug-likeness (QED) is 0.847. The second-order valence-corrected chi connectivity index (χ2v) is 7.25. The maximum absolute atomic E-state index is 6.17. The first-order valence-electron chi connectivity index (χ1n) is 8.96. The molecule has 2 aliphatic rings. The van der Waals surface area contributed by atoms with E-state index in [2.05, 4.69) is 23.9 Å². The van der Waals surface area contributed by atoms with Crippen LogP contribution in [0, 0.1) is 13.8 Å². The van der Waals surface area contributed by atoms with E-state index in [1.54, 1.807) is 7.11 Å². The molecule has 1 aromatic rings. The highest BCUT2D eigenvalue weighted by molar-refractivity contribution is 5.41. The van der Waals surface area contributed by atoms with Crippen LogP contribution in [0.5, 0.6) is 5.75 Å². The molecule has 0 saturated carbocycles. The standard InChI is InChI=1S/C19H30N2O3/c1-14-12-20-17(15(2)18(14)22-4)13-21(3)16-5-8-24-19(11-16)6-9-23-10-7-19/h12,16H,5-11,13H2,1-4H3/t16-/m0/s1. The van der Waals surface area contributed by atoms with Crippen molar-refractivity contribution in [2.45, 2.75) is 57.7 Å². The molecule has 0 aliphatic carbocycles. The molecule has 0 aromatic carbocycles. The predicted octanol–water partition coefficient (Wildman–Crippen LogP) is 2.87. The van der Waals surface area contributed by atoms with Gasteiger partial charge in [-0.2, -0.15) is 0 Å². The molecular formula is C19H30N2O3. The zero-order valence-corrected chi connectivity index (χ0v) is 15.4. The third-order valence-electron chi connectivity index (χ3n) is 5.64. The predicted molar refractivity (Wildman–Crippen MR) is 93.5 cm³/mol. The first kappa shape index (κ1) is 17.6. The van der Waals surface area contributed by atoms with Crippen LogP contribution in [-0.2, 0) is 16.0 Å². The number of rotatable bonds is 4. The molecule has 0 radical (unpaired) electrons. The van der Waals surface area contributed by atoms with Gasteiger partial charge in [0.15, 0.2) is 0 Å². The van der Waals surface area contributed by atoms with Crippen molar-refractivity contribution >= 4 is 0 Å². The number of aryl methyl sites for hydroxylation is 1. The van der Waals surface area contributed by atoms with Gasteiger partial charge in [0.05, 0.1) is 18.4 Å². The Morgan fingerprint density at radius 2 is 2.04 bits per heavy atom. The third kappa shape index (κ3) is 3.58. The average molecular weight is 334 g/mol. The largest absolute Gasteiger partial charge is 0.496 e. The van der Waals surface area contributed by atoms with E-state index in [4.69, 9.17) is 14.2 Å². The Morgan fingerprint density at radius 3 is 2.75 bits per heavy atom. The minimum atomic E-state index is 0.0306. The number of aromatic nitrogens is 1. The molecule has 5 nitrogen and oxygen atoms in total. The van der Waals surface area contributed by atoms with Crippen LogP contribution >= 0.6 is 0 Å². The van der Waals surface area contributed by atoms with E-state index in [0.717, 1.165) is 74.6 Å². The summed E-state index contributed by atoms with van der Waals surface area (Å²) in [5.74, 6) is 0.960. The highest BCUT2D eigenvalue weighted by Gasteiger charge is 2.40. The fourth-order valence-corrected chi connectivity index (χ4v) is 4.07. The van der Waals surface area contributed by atoms with Gasteiger partial charge in [0.25, 0.3) is 0 Å². The number of ether oxygens (including phenoxy) is 3. The summed E-state index contributed by atoms with van der Waals surface area (Å²) in [4.78, 5) is 7.09. The lowest BCUT2D eigenvalue weighted by atomic mass is 9.83. The topological polar surface area (TPSA) is 43.8 Å². The number of hydrogen-bond acceptors (Lipinski definition) is 5. The third-order valence-corrected chi connectivity index (χ3v) is 5.64. The van der Waals surface area contributed by atoms with Crippen LogP contribution in [0.1, 0.15) is 42.5 Å². The van der Waals surface area contributed by atoms with Gasteiger partial charge in [-0.05, 0) is 46.6 Å². The molecule has 1 atom stereocenters. The molecular weight excluding hydrogens is 304 g/mol. The second-order valence-electron chi connectivity index (χ2n) is 7.25. The van der Waals surface area contributed by atoms with Crippen molar-refractivity contribution in [1.82, 2.24) is 9.88 Å². The van der Waals surface area contributed by atoms with Gasteiger partial charge in [0.2, 0.25) is 0 Å². The van der Waals surface area contributed by atoms with Gasteiger partial charge in [-0.1, -0.05) is 0 Å². The highest BCUT2D eigenvalue weighted by Crippen LogP contribution is 2.36. The minimum Gasteiger partial charge on any atom is -0.496 e. The Morgan fingerprint density at radius 1 is 1.29 bits per heavy atom. The molecule has 2 fully saturated rings. The van der Waals surface area contributed by atoms with E-state index in [0.29, 0.717) is 6.04 Å². The molecule has 0 unspecified atom stereocenters. The summed E-state index contributed by atoms with van der Waals surface area (Å²) in [5, 5.41) is 0. The first-order chi connectivity index (χ1) is 11.5. The molecule has 0 bridgehead atoms. The maximum atomic E-state index is 6.17. The second kappa shape index (κ2) is 7.38. The zero-order chi connectivity index (χ0) is 17.2. The minimum absolute atomic E-state index is 0.0306. The van der Waals surface area contributed by atoms with Crippen molar-refractivity contribution in [3.8, 4) is 5.75 Å². The molecule has 1 aromatic heterocycles. The van der Waals surface area contributed by atoms with Crippen LogP contribution in [0.25, 0.3) is 0 Å². The molecule has 24 heavy (non-hydrogen) atoms. The van der Waals surface area contributed by atoms with Crippen LogP contribution < -0.4 is 4.74 Å². The maximum Gasteiger partial charge on any atom is 0.128 e. The lowest BCUT2D eigenvalue weighted by Crippen LogP contribution is -2.50. The Hall–Kier alpha value is -1.17. The average Bonchev–Trinajstić information content (AvgIpc) is 2.58. The van der Waals surface area contributed by atoms with Gasteiger partial charge < -0.3 is 14.2 Å². The molecule has 3 rings (SSSR count). The monoisotopic (exact) mass is 334 g/mol. The Bertz CT molecular complexity index is 564. The fraction of sp³-hybridized carbons (Fsp3) is 0.737. The summed E-state index contributed by atoms with van der Waals surface area (Å²) in [5.41, 5.74) is 3.38. The summed E-state index contributed by atoms with van der Waals surface area (Å²) in [6.45, 7) is 7.49. The van der Waals surface area contributed by atoms with Crippen molar-refractivity contribution in [3.63, 3.8) is 0 Å². The van der Waals surface area contributed by atoms with Crippen LogP contribution in [-0.4, -0.2) is 55.5 Å². The smallest absolute Gasteiger partial charge is 0.128 e. The molecule has 5 heteroatoms. The summed E-state index contributed by atoms with van der Waals surface area (Å²) >= 11 is 0. The van der Waals surface area contributed by atoms with E-state index in [1.807, 2.05) is 13.1 Å². The highest BCUT2D eigenvalue weighted by atomic mass is 16.5. The summed E-state index contributed by atoms with van der Waals surface area (Å²) < 4.78 is 17.2. The molecule has 0 amide bonds. The van der Waals surface area contributed by atoms with Crippen LogP contribution in [0.15, 0.2) is 6.20 Å². The normalized spacial score (nSPS) is 23.6. The van der Waals surface area contributed by atoms with Crippen molar-refractivity contribution in [2.24, 2.45) is 0 Å². The number of methoxy groups -OCH3 is 1. The van der Waals surface area contributed by atoms with Gasteiger partial charge in [-0.3, -0.25) is 9.88 Å². The molecule has 2 aliphatic heterocycles. The van der Waals surface area contributed by atoms with Crippen LogP contribution in [0.2, 0.25) is 0 Å². The van der Waals surface area contributed by atoms with Crippen LogP contribution in [0.3, 0.4) is 0 Å². The van der Waals surface area contributed by atoms with E-state index >= 15 is 0 Å². The molecule has 3 heterocycles. The van der Waals surface area contributed by atoms with Crippen molar-refractivity contribution < 1.29 is 14.2 Å². The molecule has 134 valence electrons. The molecule has 2 saturated heterocycles. The zero-order valence-electron chi connectivity index (χ0n) is 15.4. The SMILES string of the molecule is COc1c(C)cnc(CN(C)[C@H]2CCOC3(CCOCC3)C2)c1C. The van der Waals surface area contributed by atoms with Crippen molar-refractivity contribution in [2.75, 3.05) is 34.0 Å². The van der Waals surface area contributed by atoms with Gasteiger partial charge in [0, 0.05) is 49.7 Å². The summed E-state index contributed by atoms with van der Waals surface area (Å²) in [7, 11) is 3.94. The lowest BCUT2D eigenvalue weighted by Gasteiger charge is -2.45. The van der Waals surface area contributed by atoms with E-state index < -0.39 is 0 Å². The fourth-order valence-electron chi connectivity index (χ4n) is 4.07. The van der Waals surface area contributed by atoms with Gasteiger partial charge >= 0.3 is 0 Å². The first-order valence-corrected chi connectivity index (χ1v) is 8.96. The lowest BCUT2D eigenvalue weighted by molar-refractivity contribution is -0.150. The van der Waals surface area contributed by atoms with Gasteiger partial charge in [-0.15, -0.1) is 0 Å². The van der Waals surface area contributed by atoms with Gasteiger partial charge in [-0.25, -0.2) is 0 Å². The van der Waals surface area contributed by atoms with Gasteiger partial charge in [0.1, 0.15) is 5.75 Å². The molecule has 1 spiro atoms. The Labute approximate surface area is 145 Å². The van der Waals surface area contributed by atoms with E-state index in [9.17, 15) is 0 Å². The summed E-state index contributed by atoms with van der Waals surface area (Å²) in [6, 6.07) is 0.533. The Balaban J connectivity index is 1.69. The van der Waals surface area contributed by atoms with E-state index in [1.165, 1.54) is 0 Å². The molecule has 0 N–H and O–H groups in total. The van der Waals surface area contributed by atoms with Crippen molar-refractivity contribution in [3.05, 3.63) is 23.0 Å². The van der Waals surface area contributed by atoms with Crippen LogP contribution in [0.4, 0.5) is 0 Å². The summed E-state index contributed by atoms with van der Waals surface area (Å²) in [6.07, 6.45) is 6.13. The number of nitrogens with zero attached hydrogens (tertiary/aromatic N) is 2. The van der Waals surface area contributed by atoms with E-state index in [-0.39, 0.29) is 5.60 Å². The Kier molecular flexibility index (Phi) is 5.42.